The molecule has 0 aliphatic carbocycles. The fourth-order valence-electron chi connectivity index (χ4n) is 3.48. The van der Waals surface area contributed by atoms with E-state index in [0.29, 0.717) is 54.2 Å². The maximum absolute atomic E-state index is 10.8. The Morgan fingerprint density at radius 2 is 1.89 bits per heavy atom. The minimum Gasteiger partial charge on any atom is -0.493 e. The van der Waals surface area contributed by atoms with Crippen LogP contribution in [0.2, 0.25) is 5.02 Å². The normalized spacial score (nSPS) is 11.5. The van der Waals surface area contributed by atoms with Gasteiger partial charge in [0.15, 0.2) is 23.0 Å². The predicted molar refractivity (Wildman–Crippen MR) is 143 cm³/mol. The maximum Gasteiger partial charge on any atom is 0.271 e. The van der Waals surface area contributed by atoms with Crippen LogP contribution in [0, 0.1) is 10.1 Å². The zero-order valence-corrected chi connectivity index (χ0v) is 22.4. The van der Waals surface area contributed by atoms with Gasteiger partial charge in [-0.1, -0.05) is 17.7 Å². The van der Waals surface area contributed by atoms with Crippen LogP contribution in [0.25, 0.3) is 0 Å². The predicted octanol–water partition coefficient (Wildman–Crippen LogP) is 5.95. The Balaban J connectivity index is 0.00000361. The summed E-state index contributed by atoms with van der Waals surface area (Å²) in [5, 5.41) is 17.6. The second-order valence-corrected chi connectivity index (χ2v) is 8.87. The first kappa shape index (κ1) is 27.7. The summed E-state index contributed by atoms with van der Waals surface area (Å²) >= 11 is 9.69. The number of rotatable bonds is 11. The van der Waals surface area contributed by atoms with Crippen molar-refractivity contribution in [2.24, 2.45) is 0 Å². The third-order valence-corrected chi connectivity index (χ3v) is 6.12. The fourth-order valence-corrected chi connectivity index (χ4v) is 4.33. The Morgan fingerprint density at radius 3 is 2.64 bits per heavy atom. The molecule has 9 nitrogen and oxygen atoms in total. The maximum atomic E-state index is 10.8. The lowest BCUT2D eigenvalue weighted by Crippen LogP contribution is -2.22. The molecule has 3 aromatic rings. The van der Waals surface area contributed by atoms with Crippen LogP contribution in [0.3, 0.4) is 0 Å². The van der Waals surface area contributed by atoms with E-state index >= 15 is 0 Å². The lowest BCUT2D eigenvalue weighted by atomic mass is 10.2. The molecule has 0 spiro atoms. The van der Waals surface area contributed by atoms with Gasteiger partial charge in [0.25, 0.3) is 5.69 Å². The van der Waals surface area contributed by atoms with Gasteiger partial charge < -0.3 is 29.6 Å². The molecule has 0 fully saturated rings. The Morgan fingerprint density at radius 1 is 1.08 bits per heavy atom. The lowest BCUT2D eigenvalue weighted by Gasteiger charge is -2.15. The molecular weight excluding hydrogens is 577 g/mol. The molecule has 0 aromatic heterocycles. The molecule has 36 heavy (non-hydrogen) atoms. The van der Waals surface area contributed by atoms with Crippen LogP contribution >= 0.6 is 39.9 Å². The molecule has 12 heteroatoms. The Bertz CT molecular complexity index is 1230. The van der Waals surface area contributed by atoms with Crippen LogP contribution in [-0.2, 0) is 13.2 Å². The fraction of sp³-hybridized carbons (Fsp3) is 0.250. The van der Waals surface area contributed by atoms with Gasteiger partial charge in [-0.15, -0.1) is 12.4 Å². The second kappa shape index (κ2) is 12.9. The van der Waals surface area contributed by atoms with Gasteiger partial charge in [0.1, 0.15) is 6.61 Å². The molecule has 4 rings (SSSR count). The van der Waals surface area contributed by atoms with Crippen molar-refractivity contribution in [2.75, 3.05) is 32.3 Å². The highest BCUT2D eigenvalue weighted by Crippen LogP contribution is 2.38. The zero-order valence-electron chi connectivity index (χ0n) is 19.2. The van der Waals surface area contributed by atoms with E-state index in [-0.39, 0.29) is 24.9 Å². The Hall–Kier alpha value is -2.92. The zero-order chi connectivity index (χ0) is 24.8. The van der Waals surface area contributed by atoms with Crippen molar-refractivity contribution in [2.45, 2.75) is 13.2 Å². The summed E-state index contributed by atoms with van der Waals surface area (Å²) in [5.41, 5.74) is 2.57. The number of nitrogens with zero attached hydrogens (tertiary/aromatic N) is 1. The average molecular weight is 601 g/mol. The number of benzene rings is 3. The molecule has 1 heterocycles. The smallest absolute Gasteiger partial charge is 0.271 e. The highest BCUT2D eigenvalue weighted by Gasteiger charge is 2.16. The van der Waals surface area contributed by atoms with E-state index in [0.717, 1.165) is 21.3 Å². The standard InChI is InChI=1S/C24H23BrClN3O6.ClH/c1-32-23-10-16(12-27-6-7-28-20-4-3-17(29(30)31)11-19(20)26)8-18(25)24(23)33-13-15-2-5-21-22(9-15)35-14-34-21;/h2-5,8-11,27-28H,6-7,12-14H2,1H3;1H. The number of non-ortho nitro benzene ring substituents is 1. The monoisotopic (exact) mass is 599 g/mol. The van der Waals surface area contributed by atoms with Gasteiger partial charge in [0.2, 0.25) is 6.79 Å². The number of nitro groups is 1. The number of fused-ring (bicyclic) bond motifs is 1. The first-order valence-electron chi connectivity index (χ1n) is 10.7. The molecule has 0 bridgehead atoms. The molecule has 192 valence electrons. The molecule has 0 amide bonds. The molecule has 0 atom stereocenters. The summed E-state index contributed by atoms with van der Waals surface area (Å²) in [6.07, 6.45) is 0. The molecule has 1 aliphatic rings. The number of hydrogen-bond acceptors (Lipinski definition) is 8. The highest BCUT2D eigenvalue weighted by atomic mass is 79.9. The highest BCUT2D eigenvalue weighted by molar-refractivity contribution is 9.10. The summed E-state index contributed by atoms with van der Waals surface area (Å²) in [6.45, 7) is 2.42. The summed E-state index contributed by atoms with van der Waals surface area (Å²) in [5.74, 6) is 2.68. The van der Waals surface area contributed by atoms with Crippen molar-refractivity contribution >= 4 is 51.3 Å². The molecule has 0 saturated heterocycles. The first-order chi connectivity index (χ1) is 16.9. The van der Waals surface area contributed by atoms with Crippen molar-refractivity contribution in [3.05, 3.63) is 79.3 Å². The van der Waals surface area contributed by atoms with Crippen LogP contribution in [0.15, 0.2) is 53.0 Å². The van der Waals surface area contributed by atoms with Crippen LogP contribution in [-0.4, -0.2) is 31.9 Å². The van der Waals surface area contributed by atoms with E-state index in [1.54, 1.807) is 13.2 Å². The summed E-state index contributed by atoms with van der Waals surface area (Å²) < 4.78 is 23.1. The lowest BCUT2D eigenvalue weighted by molar-refractivity contribution is -0.384. The van der Waals surface area contributed by atoms with E-state index in [2.05, 4.69) is 26.6 Å². The summed E-state index contributed by atoms with van der Waals surface area (Å²) in [7, 11) is 1.60. The van der Waals surface area contributed by atoms with Crippen molar-refractivity contribution in [3.8, 4) is 23.0 Å². The Kier molecular flexibility index (Phi) is 9.89. The van der Waals surface area contributed by atoms with Crippen molar-refractivity contribution in [1.82, 2.24) is 5.32 Å². The topological polar surface area (TPSA) is 104 Å². The van der Waals surface area contributed by atoms with Gasteiger partial charge in [-0.05, 0) is 57.4 Å². The molecule has 2 N–H and O–H groups in total. The number of ether oxygens (including phenoxy) is 4. The minimum absolute atomic E-state index is 0. The van der Waals surface area contributed by atoms with E-state index in [9.17, 15) is 10.1 Å². The van der Waals surface area contributed by atoms with E-state index in [1.807, 2.05) is 30.3 Å². The molecule has 0 saturated carbocycles. The third kappa shape index (κ3) is 6.85. The SMILES string of the molecule is COc1cc(CNCCNc2ccc([N+](=O)[O-])cc2Cl)cc(Br)c1OCc1ccc2c(c1)OCO2.Cl. The van der Waals surface area contributed by atoms with Crippen molar-refractivity contribution in [3.63, 3.8) is 0 Å². The number of hydrogen-bond donors (Lipinski definition) is 2. The van der Waals surface area contributed by atoms with Gasteiger partial charge in [-0.25, -0.2) is 0 Å². The quantitative estimate of drug-likeness (QED) is 0.158. The number of nitrogens with one attached hydrogen (secondary N) is 2. The molecule has 0 unspecified atom stereocenters. The van der Waals surface area contributed by atoms with Gasteiger partial charge in [0.05, 0.1) is 27.2 Å². The van der Waals surface area contributed by atoms with E-state index in [4.69, 9.17) is 30.5 Å². The van der Waals surface area contributed by atoms with Crippen LogP contribution in [0.5, 0.6) is 23.0 Å². The van der Waals surface area contributed by atoms with Gasteiger partial charge in [-0.3, -0.25) is 10.1 Å². The van der Waals surface area contributed by atoms with Gasteiger partial charge >= 0.3 is 0 Å². The first-order valence-corrected chi connectivity index (χ1v) is 11.9. The molecule has 1 aliphatic heterocycles. The minimum atomic E-state index is -0.475. The molecular formula is C24H24BrCl2N3O6. The van der Waals surface area contributed by atoms with Crippen LogP contribution in [0.4, 0.5) is 11.4 Å². The van der Waals surface area contributed by atoms with Gasteiger partial charge in [-0.2, -0.15) is 0 Å². The number of halogens is 3. The molecule has 3 aromatic carbocycles. The summed E-state index contributed by atoms with van der Waals surface area (Å²) in [6, 6.07) is 14.0. The average Bonchev–Trinajstić information content (AvgIpc) is 3.31. The van der Waals surface area contributed by atoms with Gasteiger partial charge in [0, 0.05) is 31.8 Å². The largest absolute Gasteiger partial charge is 0.493 e. The second-order valence-electron chi connectivity index (χ2n) is 7.61. The molecule has 0 radical (unpaired) electrons. The number of anilines is 1. The third-order valence-electron chi connectivity index (χ3n) is 5.22. The summed E-state index contributed by atoms with van der Waals surface area (Å²) in [4.78, 5) is 10.3. The Labute approximate surface area is 227 Å². The van der Waals surface area contributed by atoms with E-state index < -0.39 is 4.92 Å². The number of nitro benzene ring substituents is 1. The van der Waals surface area contributed by atoms with Crippen LogP contribution in [0.1, 0.15) is 11.1 Å². The van der Waals surface area contributed by atoms with Crippen molar-refractivity contribution < 1.29 is 23.9 Å². The van der Waals surface area contributed by atoms with E-state index in [1.165, 1.54) is 12.1 Å². The van der Waals surface area contributed by atoms with Crippen molar-refractivity contribution in [1.29, 1.82) is 0 Å². The number of methoxy groups -OCH3 is 1. The van der Waals surface area contributed by atoms with Crippen LogP contribution < -0.4 is 29.6 Å².